The molecule has 0 aliphatic carbocycles. The Balaban J connectivity index is 1.26. The molecule has 0 aliphatic heterocycles. The van der Waals surface area contributed by atoms with Gasteiger partial charge in [0.25, 0.3) is 5.91 Å². The zero-order chi connectivity index (χ0) is 24.5. The van der Waals surface area contributed by atoms with E-state index in [4.69, 9.17) is 28.2 Å². The van der Waals surface area contributed by atoms with Crippen molar-refractivity contribution < 1.29 is 9.21 Å². The lowest BCUT2D eigenvalue weighted by Crippen LogP contribution is -2.33. The van der Waals surface area contributed by atoms with Gasteiger partial charge in [0.15, 0.2) is 16.7 Å². The van der Waals surface area contributed by atoms with Crippen LogP contribution in [0.4, 0.5) is 5.69 Å². The molecule has 0 bridgehead atoms. The molecule has 3 aromatic heterocycles. The first-order valence-electron chi connectivity index (χ1n) is 10.7. The molecular weight excluding hydrogens is 504 g/mol. The first-order valence-corrected chi connectivity index (χ1v) is 12.3. The topological polar surface area (TPSA) is 97.3 Å². The van der Waals surface area contributed by atoms with Crippen molar-refractivity contribution in [2.45, 2.75) is 20.3 Å². The quantitative estimate of drug-likeness (QED) is 0.283. The lowest BCUT2D eigenvalue weighted by atomic mass is 10.1. The van der Waals surface area contributed by atoms with Gasteiger partial charge < -0.3 is 9.73 Å². The minimum Gasteiger partial charge on any atom is -0.451 e. The highest BCUT2D eigenvalue weighted by atomic mass is 35.5. The van der Waals surface area contributed by atoms with Crippen LogP contribution >= 0.6 is 35.2 Å². The van der Waals surface area contributed by atoms with Crippen LogP contribution in [0.25, 0.3) is 26.9 Å². The van der Waals surface area contributed by atoms with Crippen LogP contribution in [0.5, 0.6) is 0 Å². The number of anilines is 1. The number of thiocarbonyl (C=S) groups is 1. The number of aromatic nitrogens is 4. The molecule has 11 heteroatoms. The number of carbonyl (C=O) groups is 1. The smallest absolute Gasteiger partial charge is 0.293 e. The van der Waals surface area contributed by atoms with Gasteiger partial charge in [0.05, 0.1) is 0 Å². The van der Waals surface area contributed by atoms with E-state index in [0.717, 1.165) is 38.9 Å². The standard InChI is InChI=1S/C24H19ClN6O2S2/c1-3-20-28-29-24-31(20)30-22(35-24)15-5-4-6-16(11-15)26-23(34)27-21(32)19-10-9-18(33-19)14-8-7-13(2)17(25)12-14/h4-12H,3H2,1-2H3,(H2,26,27,32,34). The molecule has 0 radical (unpaired) electrons. The SMILES string of the molecule is CCc1nnc2sc(-c3cccc(NC(=S)NC(=O)c4ccc(-c5ccc(C)c(Cl)c5)o4)c3)nn12. The summed E-state index contributed by atoms with van der Waals surface area (Å²) in [5, 5.41) is 20.2. The van der Waals surface area contributed by atoms with Crippen molar-refractivity contribution >= 4 is 56.8 Å². The van der Waals surface area contributed by atoms with E-state index in [9.17, 15) is 4.79 Å². The number of hydrogen-bond donors (Lipinski definition) is 2. The molecule has 0 aliphatic rings. The summed E-state index contributed by atoms with van der Waals surface area (Å²) >= 11 is 13.0. The lowest BCUT2D eigenvalue weighted by molar-refractivity contribution is 0.0951. The second kappa shape index (κ2) is 9.57. The molecule has 8 nitrogen and oxygen atoms in total. The molecule has 1 amide bonds. The summed E-state index contributed by atoms with van der Waals surface area (Å²) in [5.74, 6) is 1.04. The van der Waals surface area contributed by atoms with Gasteiger partial charge in [-0.05, 0) is 55.0 Å². The highest BCUT2D eigenvalue weighted by Crippen LogP contribution is 2.28. The first kappa shape index (κ1) is 23.2. The van der Waals surface area contributed by atoms with Gasteiger partial charge >= 0.3 is 0 Å². The Hall–Kier alpha value is -3.60. The number of hydrogen-bond acceptors (Lipinski definition) is 7. The van der Waals surface area contributed by atoms with Crippen molar-refractivity contribution in [1.82, 2.24) is 25.1 Å². The van der Waals surface area contributed by atoms with Crippen LogP contribution < -0.4 is 10.6 Å². The maximum absolute atomic E-state index is 12.6. The first-order chi connectivity index (χ1) is 16.9. The second-order valence-electron chi connectivity index (χ2n) is 7.69. The van der Waals surface area contributed by atoms with Crippen LogP contribution in [0, 0.1) is 6.92 Å². The summed E-state index contributed by atoms with van der Waals surface area (Å²) in [5.41, 5.74) is 3.36. The number of benzene rings is 2. The maximum atomic E-state index is 12.6. The van der Waals surface area contributed by atoms with Crippen molar-refractivity contribution in [3.8, 4) is 21.9 Å². The number of carbonyl (C=O) groups excluding carboxylic acids is 1. The van der Waals surface area contributed by atoms with E-state index in [0.29, 0.717) is 16.5 Å². The molecule has 3 heterocycles. The fourth-order valence-corrected chi connectivity index (χ4v) is 4.66. The number of nitrogens with one attached hydrogen (secondary N) is 2. The Labute approximate surface area is 214 Å². The molecule has 0 atom stereocenters. The molecule has 5 aromatic rings. The minimum absolute atomic E-state index is 0.140. The largest absolute Gasteiger partial charge is 0.451 e. The number of rotatable bonds is 5. The number of amides is 1. The van der Waals surface area contributed by atoms with Crippen LogP contribution in [0.15, 0.2) is 59.0 Å². The van der Waals surface area contributed by atoms with Crippen LogP contribution in [0.2, 0.25) is 5.02 Å². The van der Waals surface area contributed by atoms with Crippen LogP contribution in [-0.4, -0.2) is 30.8 Å². The molecule has 2 N–H and O–H groups in total. The summed E-state index contributed by atoms with van der Waals surface area (Å²) < 4.78 is 7.47. The fraction of sp³-hybridized carbons (Fsp3) is 0.125. The van der Waals surface area contributed by atoms with Crippen molar-refractivity contribution in [3.05, 3.63) is 76.8 Å². The second-order valence-corrected chi connectivity index (χ2v) is 9.46. The molecule has 176 valence electrons. The third-order valence-electron chi connectivity index (χ3n) is 5.25. The van der Waals surface area contributed by atoms with E-state index in [-0.39, 0.29) is 10.9 Å². The number of fused-ring (bicyclic) bond motifs is 1. The molecule has 35 heavy (non-hydrogen) atoms. The molecule has 0 unspecified atom stereocenters. The zero-order valence-electron chi connectivity index (χ0n) is 18.7. The summed E-state index contributed by atoms with van der Waals surface area (Å²) in [6.45, 7) is 3.93. The van der Waals surface area contributed by atoms with Gasteiger partial charge in [-0.25, -0.2) is 0 Å². The van der Waals surface area contributed by atoms with E-state index >= 15 is 0 Å². The van der Waals surface area contributed by atoms with Gasteiger partial charge in [0, 0.05) is 28.3 Å². The van der Waals surface area contributed by atoms with Gasteiger partial charge in [0.1, 0.15) is 10.8 Å². The third kappa shape index (κ3) is 4.81. The number of halogens is 1. The van der Waals surface area contributed by atoms with Crippen molar-refractivity contribution in [2.24, 2.45) is 0 Å². The number of nitrogens with zero attached hydrogens (tertiary/aromatic N) is 4. The zero-order valence-corrected chi connectivity index (χ0v) is 21.1. The number of furan rings is 1. The van der Waals surface area contributed by atoms with E-state index in [1.54, 1.807) is 22.7 Å². The molecule has 5 rings (SSSR count). The molecule has 0 saturated heterocycles. The van der Waals surface area contributed by atoms with Gasteiger partial charge in [-0.1, -0.05) is 54.1 Å². The average Bonchev–Trinajstić information content (AvgIpc) is 3.57. The Morgan fingerprint density at radius 3 is 2.80 bits per heavy atom. The minimum atomic E-state index is -0.455. The fourth-order valence-electron chi connectivity index (χ4n) is 3.41. The van der Waals surface area contributed by atoms with E-state index in [2.05, 4.69) is 25.9 Å². The van der Waals surface area contributed by atoms with Crippen molar-refractivity contribution in [2.75, 3.05) is 5.32 Å². The average molecular weight is 523 g/mol. The van der Waals surface area contributed by atoms with Gasteiger partial charge in [-0.15, -0.1) is 10.2 Å². The molecule has 0 spiro atoms. The monoisotopic (exact) mass is 522 g/mol. The Kier molecular flexibility index (Phi) is 6.33. The predicted octanol–water partition coefficient (Wildman–Crippen LogP) is 5.76. The maximum Gasteiger partial charge on any atom is 0.293 e. The summed E-state index contributed by atoms with van der Waals surface area (Å²) in [4.78, 5) is 13.4. The molecule has 0 saturated carbocycles. The Morgan fingerprint density at radius 2 is 2.00 bits per heavy atom. The third-order valence-corrected chi connectivity index (χ3v) is 6.81. The predicted molar refractivity (Wildman–Crippen MR) is 141 cm³/mol. The Morgan fingerprint density at radius 1 is 1.14 bits per heavy atom. The highest BCUT2D eigenvalue weighted by molar-refractivity contribution is 7.80. The lowest BCUT2D eigenvalue weighted by Gasteiger charge is -2.09. The van der Waals surface area contributed by atoms with E-state index < -0.39 is 5.91 Å². The van der Waals surface area contributed by atoms with E-state index in [1.165, 1.54) is 11.3 Å². The number of aryl methyl sites for hydroxylation is 2. The molecule has 0 fully saturated rings. The molecular formula is C24H19ClN6O2S2. The summed E-state index contributed by atoms with van der Waals surface area (Å²) in [6, 6.07) is 16.5. The van der Waals surface area contributed by atoms with Gasteiger partial charge in [-0.2, -0.15) is 9.61 Å². The molecule has 2 aromatic carbocycles. The summed E-state index contributed by atoms with van der Waals surface area (Å²) in [7, 11) is 0. The van der Waals surface area contributed by atoms with Crippen LogP contribution in [0.1, 0.15) is 28.9 Å². The Bertz CT molecular complexity index is 1570. The normalized spacial score (nSPS) is 11.1. The summed E-state index contributed by atoms with van der Waals surface area (Å²) in [6.07, 6.45) is 0.746. The van der Waals surface area contributed by atoms with Crippen molar-refractivity contribution in [1.29, 1.82) is 0 Å². The van der Waals surface area contributed by atoms with E-state index in [1.807, 2.05) is 50.2 Å². The van der Waals surface area contributed by atoms with Crippen LogP contribution in [-0.2, 0) is 6.42 Å². The highest BCUT2D eigenvalue weighted by Gasteiger charge is 2.15. The van der Waals surface area contributed by atoms with Crippen molar-refractivity contribution in [3.63, 3.8) is 0 Å². The van der Waals surface area contributed by atoms with Gasteiger partial charge in [-0.3, -0.25) is 10.1 Å². The van der Waals surface area contributed by atoms with Crippen LogP contribution in [0.3, 0.4) is 0 Å². The van der Waals surface area contributed by atoms with Gasteiger partial charge in [0.2, 0.25) is 4.96 Å².